The SMILES string of the molecule is O=C1NC[C@H](c2cc(Cl)ccc2O)N1. The number of phenolic OH excluding ortho intramolecular Hbond substituents is 1. The number of hydrogen-bond acceptors (Lipinski definition) is 2. The van der Waals surface area contributed by atoms with Crippen LogP contribution in [0.3, 0.4) is 0 Å². The molecule has 0 aliphatic carbocycles. The second kappa shape index (κ2) is 3.38. The maximum absolute atomic E-state index is 10.9. The van der Waals surface area contributed by atoms with Crippen molar-refractivity contribution in [3.05, 3.63) is 28.8 Å². The summed E-state index contributed by atoms with van der Waals surface area (Å²) in [7, 11) is 0. The molecule has 0 radical (unpaired) electrons. The monoisotopic (exact) mass is 212 g/mol. The van der Waals surface area contributed by atoms with Crippen molar-refractivity contribution in [2.75, 3.05) is 6.54 Å². The summed E-state index contributed by atoms with van der Waals surface area (Å²) in [5.41, 5.74) is 0.635. The second-order valence-electron chi connectivity index (χ2n) is 3.11. The predicted molar refractivity (Wildman–Crippen MR) is 52.4 cm³/mol. The molecule has 1 saturated heterocycles. The van der Waals surface area contributed by atoms with Crippen LogP contribution in [-0.4, -0.2) is 17.7 Å². The van der Waals surface area contributed by atoms with Gasteiger partial charge in [-0.3, -0.25) is 0 Å². The molecule has 2 rings (SSSR count). The molecule has 1 fully saturated rings. The average molecular weight is 213 g/mol. The van der Waals surface area contributed by atoms with Crippen LogP contribution in [0.15, 0.2) is 18.2 Å². The fourth-order valence-electron chi connectivity index (χ4n) is 1.45. The molecule has 1 aliphatic rings. The Hall–Kier alpha value is -1.42. The minimum absolute atomic E-state index is 0.142. The topological polar surface area (TPSA) is 61.4 Å². The van der Waals surface area contributed by atoms with Gasteiger partial charge in [-0.2, -0.15) is 0 Å². The molecule has 2 amide bonds. The molecule has 74 valence electrons. The highest BCUT2D eigenvalue weighted by atomic mass is 35.5. The third kappa shape index (κ3) is 1.61. The number of amides is 2. The van der Waals surface area contributed by atoms with Gasteiger partial charge in [0, 0.05) is 17.1 Å². The van der Waals surface area contributed by atoms with Gasteiger partial charge >= 0.3 is 6.03 Å². The summed E-state index contributed by atoms with van der Waals surface area (Å²) >= 11 is 5.79. The van der Waals surface area contributed by atoms with Gasteiger partial charge < -0.3 is 15.7 Å². The van der Waals surface area contributed by atoms with Gasteiger partial charge in [0.1, 0.15) is 5.75 Å². The van der Waals surface area contributed by atoms with Crippen LogP contribution in [0.4, 0.5) is 4.79 Å². The highest BCUT2D eigenvalue weighted by Crippen LogP contribution is 2.28. The summed E-state index contributed by atoms with van der Waals surface area (Å²) in [5.74, 6) is 0.142. The van der Waals surface area contributed by atoms with E-state index in [1.165, 1.54) is 6.07 Å². The zero-order valence-electron chi connectivity index (χ0n) is 7.25. The van der Waals surface area contributed by atoms with Crippen LogP contribution in [0.2, 0.25) is 5.02 Å². The summed E-state index contributed by atoms with van der Waals surface area (Å²) in [6.07, 6.45) is 0. The van der Waals surface area contributed by atoms with E-state index in [0.29, 0.717) is 17.1 Å². The lowest BCUT2D eigenvalue weighted by atomic mass is 10.1. The van der Waals surface area contributed by atoms with Crippen molar-refractivity contribution >= 4 is 17.6 Å². The minimum Gasteiger partial charge on any atom is -0.508 e. The van der Waals surface area contributed by atoms with Crippen molar-refractivity contribution in [2.45, 2.75) is 6.04 Å². The van der Waals surface area contributed by atoms with Crippen molar-refractivity contribution in [3.63, 3.8) is 0 Å². The zero-order valence-corrected chi connectivity index (χ0v) is 8.01. The van der Waals surface area contributed by atoms with E-state index in [0.717, 1.165) is 0 Å². The number of carbonyl (C=O) groups is 1. The Morgan fingerprint density at radius 1 is 1.50 bits per heavy atom. The summed E-state index contributed by atoms with van der Waals surface area (Å²) in [6.45, 7) is 0.465. The molecule has 5 heteroatoms. The van der Waals surface area contributed by atoms with Crippen molar-refractivity contribution in [1.82, 2.24) is 10.6 Å². The zero-order chi connectivity index (χ0) is 10.1. The molecule has 0 unspecified atom stereocenters. The Bertz CT molecular complexity index is 381. The highest BCUT2D eigenvalue weighted by molar-refractivity contribution is 6.30. The Balaban J connectivity index is 2.31. The van der Waals surface area contributed by atoms with Gasteiger partial charge in [0.15, 0.2) is 0 Å². The first-order valence-electron chi connectivity index (χ1n) is 4.19. The Morgan fingerprint density at radius 3 is 2.93 bits per heavy atom. The van der Waals surface area contributed by atoms with E-state index in [-0.39, 0.29) is 17.8 Å². The number of halogens is 1. The molecule has 0 bridgehead atoms. The maximum Gasteiger partial charge on any atom is 0.315 e. The van der Waals surface area contributed by atoms with Crippen LogP contribution in [-0.2, 0) is 0 Å². The van der Waals surface area contributed by atoms with E-state index in [1.54, 1.807) is 12.1 Å². The summed E-state index contributed by atoms with van der Waals surface area (Å²) in [6, 6.07) is 4.33. The normalized spacial score (nSPS) is 20.4. The smallest absolute Gasteiger partial charge is 0.315 e. The molecule has 3 N–H and O–H groups in total. The average Bonchev–Trinajstić information content (AvgIpc) is 2.56. The van der Waals surface area contributed by atoms with Crippen molar-refractivity contribution in [2.24, 2.45) is 0 Å². The molecular weight excluding hydrogens is 204 g/mol. The number of rotatable bonds is 1. The van der Waals surface area contributed by atoms with Gasteiger partial charge in [0.25, 0.3) is 0 Å². The largest absolute Gasteiger partial charge is 0.508 e. The fraction of sp³-hybridized carbons (Fsp3) is 0.222. The van der Waals surface area contributed by atoms with Gasteiger partial charge in [0.2, 0.25) is 0 Å². The molecule has 14 heavy (non-hydrogen) atoms. The van der Waals surface area contributed by atoms with E-state index in [1.807, 2.05) is 0 Å². The number of urea groups is 1. The van der Waals surface area contributed by atoms with Crippen molar-refractivity contribution < 1.29 is 9.90 Å². The van der Waals surface area contributed by atoms with Gasteiger partial charge in [-0.25, -0.2) is 4.79 Å². The Labute approximate surface area is 85.9 Å². The lowest BCUT2D eigenvalue weighted by Gasteiger charge is -2.10. The first-order valence-corrected chi connectivity index (χ1v) is 4.57. The number of hydrogen-bond donors (Lipinski definition) is 3. The molecule has 0 spiro atoms. The van der Waals surface area contributed by atoms with E-state index < -0.39 is 0 Å². The van der Waals surface area contributed by atoms with Crippen LogP contribution in [0, 0.1) is 0 Å². The van der Waals surface area contributed by atoms with Crippen LogP contribution >= 0.6 is 11.6 Å². The quantitative estimate of drug-likeness (QED) is 0.659. The third-order valence-corrected chi connectivity index (χ3v) is 2.37. The van der Waals surface area contributed by atoms with Gasteiger partial charge in [-0.15, -0.1) is 0 Å². The second-order valence-corrected chi connectivity index (χ2v) is 3.55. The highest BCUT2D eigenvalue weighted by Gasteiger charge is 2.23. The van der Waals surface area contributed by atoms with E-state index in [4.69, 9.17) is 11.6 Å². The van der Waals surface area contributed by atoms with E-state index in [2.05, 4.69) is 10.6 Å². The molecule has 4 nitrogen and oxygen atoms in total. The van der Waals surface area contributed by atoms with Crippen LogP contribution in [0.5, 0.6) is 5.75 Å². The van der Waals surface area contributed by atoms with Crippen LogP contribution in [0.25, 0.3) is 0 Å². The van der Waals surface area contributed by atoms with E-state index in [9.17, 15) is 9.90 Å². The first kappa shape index (κ1) is 9.15. The fourth-order valence-corrected chi connectivity index (χ4v) is 1.63. The number of carbonyl (C=O) groups excluding carboxylic acids is 1. The van der Waals surface area contributed by atoms with Crippen LogP contribution < -0.4 is 10.6 Å². The standard InChI is InChI=1S/C9H9ClN2O2/c10-5-1-2-8(13)6(3-5)7-4-11-9(14)12-7/h1-3,7,13H,4H2,(H2,11,12,14)/t7-/m1/s1. The number of nitrogens with one attached hydrogen (secondary N) is 2. The molecule has 1 aliphatic heterocycles. The molecule has 0 aromatic heterocycles. The number of aromatic hydroxyl groups is 1. The van der Waals surface area contributed by atoms with Crippen LogP contribution in [0.1, 0.15) is 11.6 Å². The first-order chi connectivity index (χ1) is 6.66. The van der Waals surface area contributed by atoms with Crippen molar-refractivity contribution in [1.29, 1.82) is 0 Å². The molecular formula is C9H9ClN2O2. The van der Waals surface area contributed by atoms with Gasteiger partial charge in [-0.05, 0) is 18.2 Å². The summed E-state index contributed by atoms with van der Waals surface area (Å²) in [4.78, 5) is 10.9. The molecule has 1 atom stereocenters. The molecule has 1 aromatic rings. The minimum atomic E-state index is -0.227. The Kier molecular flexibility index (Phi) is 2.21. The Morgan fingerprint density at radius 2 is 2.29 bits per heavy atom. The van der Waals surface area contributed by atoms with Gasteiger partial charge in [0.05, 0.1) is 6.04 Å². The molecule has 0 saturated carbocycles. The lowest BCUT2D eigenvalue weighted by Crippen LogP contribution is -2.21. The van der Waals surface area contributed by atoms with E-state index >= 15 is 0 Å². The third-order valence-electron chi connectivity index (χ3n) is 2.14. The maximum atomic E-state index is 10.9. The summed E-state index contributed by atoms with van der Waals surface area (Å²) in [5, 5.41) is 15.4. The predicted octanol–water partition coefficient (Wildman–Crippen LogP) is 1.40. The van der Waals surface area contributed by atoms with Gasteiger partial charge in [-0.1, -0.05) is 11.6 Å². The lowest BCUT2D eigenvalue weighted by molar-refractivity contribution is 0.247. The molecule has 1 heterocycles. The number of benzene rings is 1. The van der Waals surface area contributed by atoms with Crippen molar-refractivity contribution in [3.8, 4) is 5.75 Å². The number of phenols is 1. The molecule has 1 aromatic carbocycles. The summed E-state index contributed by atoms with van der Waals surface area (Å²) < 4.78 is 0.